The van der Waals surface area contributed by atoms with Crippen LogP contribution in [-0.2, 0) is 14.3 Å². The average molecular weight is 225 g/mol. The average Bonchev–Trinajstić information content (AvgIpc) is 2.28. The number of esters is 1. The number of carbonyl (C=O) groups is 2. The van der Waals surface area contributed by atoms with E-state index in [4.69, 9.17) is 10.4 Å². The Hall–Kier alpha value is -2.09. The van der Waals surface area contributed by atoms with E-state index in [-0.39, 0.29) is 5.97 Å². The minimum Gasteiger partial charge on any atom is -0.477 e. The molecule has 0 rings (SSSR count). The molecule has 1 N–H and O–H groups in total. The Morgan fingerprint density at radius 1 is 1.56 bits per heavy atom. The molecule has 0 aromatic carbocycles. The van der Waals surface area contributed by atoms with Gasteiger partial charge in [-0.2, -0.15) is 5.26 Å². The lowest BCUT2D eigenvalue weighted by atomic mass is 10.4. The third-order valence-electron chi connectivity index (χ3n) is 1.30. The summed E-state index contributed by atoms with van der Waals surface area (Å²) in [6, 6.07) is 1.37. The van der Waals surface area contributed by atoms with E-state index in [9.17, 15) is 9.59 Å². The second kappa shape index (κ2) is 11.0. The van der Waals surface area contributed by atoms with Crippen molar-refractivity contribution < 1.29 is 19.4 Å². The minimum atomic E-state index is -1.26. The van der Waals surface area contributed by atoms with Gasteiger partial charge >= 0.3 is 11.9 Å². The molecule has 0 saturated carbocycles. The van der Waals surface area contributed by atoms with Crippen LogP contribution in [0.5, 0.6) is 0 Å². The summed E-state index contributed by atoms with van der Waals surface area (Å²) in [6.45, 7) is 8.74. The summed E-state index contributed by atoms with van der Waals surface area (Å²) in [5.41, 5.74) is -0.431. The highest BCUT2D eigenvalue weighted by Crippen LogP contribution is 1.88. The van der Waals surface area contributed by atoms with Crippen molar-refractivity contribution in [1.82, 2.24) is 0 Å². The molecule has 88 valence electrons. The molecule has 0 saturated heterocycles. The van der Waals surface area contributed by atoms with E-state index >= 15 is 0 Å². The zero-order valence-electron chi connectivity index (χ0n) is 9.23. The van der Waals surface area contributed by atoms with Gasteiger partial charge in [0.25, 0.3) is 0 Å². The molecule has 0 unspecified atom stereocenters. The van der Waals surface area contributed by atoms with E-state index in [1.165, 1.54) is 12.1 Å². The number of nitrogens with zero attached hydrogens (tertiary/aromatic N) is 1. The maximum atomic E-state index is 10.3. The summed E-state index contributed by atoms with van der Waals surface area (Å²) < 4.78 is 4.67. The monoisotopic (exact) mass is 225 g/mol. The summed E-state index contributed by atoms with van der Waals surface area (Å²) in [5, 5.41) is 15.6. The second-order valence-electron chi connectivity index (χ2n) is 2.62. The Balaban J connectivity index is 0. The van der Waals surface area contributed by atoms with Crippen LogP contribution in [0.3, 0.4) is 0 Å². The molecule has 0 heterocycles. The largest absolute Gasteiger partial charge is 0.477 e. The highest BCUT2D eigenvalue weighted by molar-refractivity contribution is 5.90. The van der Waals surface area contributed by atoms with Crippen LogP contribution in [0.25, 0.3) is 0 Å². The van der Waals surface area contributed by atoms with E-state index in [0.29, 0.717) is 6.61 Å². The Kier molecular flexibility index (Phi) is 11.2. The maximum absolute atomic E-state index is 10.3. The number of ether oxygens (including phenoxy) is 1. The third kappa shape index (κ3) is 11.9. The Bertz CT molecular complexity index is 302. The quantitative estimate of drug-likeness (QED) is 0.333. The molecular weight excluding hydrogens is 210 g/mol. The van der Waals surface area contributed by atoms with Crippen molar-refractivity contribution in [2.24, 2.45) is 0 Å². The first-order valence-corrected chi connectivity index (χ1v) is 4.61. The molecule has 0 aliphatic rings. The molecule has 16 heavy (non-hydrogen) atoms. The lowest BCUT2D eigenvalue weighted by molar-refractivity contribution is -0.137. The zero-order valence-corrected chi connectivity index (χ0v) is 9.23. The lowest BCUT2D eigenvalue weighted by Gasteiger charge is -1.97. The van der Waals surface area contributed by atoms with Gasteiger partial charge < -0.3 is 9.84 Å². The summed E-state index contributed by atoms with van der Waals surface area (Å²) in [5.74, 6) is -1.59. The van der Waals surface area contributed by atoms with E-state index in [2.05, 4.69) is 17.9 Å². The molecule has 0 spiro atoms. The van der Waals surface area contributed by atoms with Crippen LogP contribution in [0.1, 0.15) is 19.8 Å². The Morgan fingerprint density at radius 3 is 2.38 bits per heavy atom. The van der Waals surface area contributed by atoms with Crippen molar-refractivity contribution >= 4 is 11.9 Å². The van der Waals surface area contributed by atoms with Crippen molar-refractivity contribution in [2.45, 2.75) is 19.8 Å². The number of aliphatic carboxylic acids is 1. The van der Waals surface area contributed by atoms with Crippen molar-refractivity contribution in [2.75, 3.05) is 6.61 Å². The molecule has 0 aliphatic heterocycles. The van der Waals surface area contributed by atoms with Gasteiger partial charge in [0.1, 0.15) is 11.6 Å². The van der Waals surface area contributed by atoms with Gasteiger partial charge in [-0.3, -0.25) is 0 Å². The standard InChI is InChI=1S/C7H12O2.C4H3NO2/c1-3-5-6-9-7(8)4-2;1-3(2-5)4(6)7/h4H,2-3,5-6H2,1H3;1H2,(H,6,7). The summed E-state index contributed by atoms with van der Waals surface area (Å²) in [6.07, 6.45) is 3.15. The number of unbranched alkanes of at least 4 members (excludes halogenated alkanes) is 1. The number of hydrogen-bond donors (Lipinski definition) is 1. The number of nitriles is 1. The number of carboxylic acids is 1. The first-order valence-electron chi connectivity index (χ1n) is 4.61. The fourth-order valence-electron chi connectivity index (χ4n) is 0.424. The van der Waals surface area contributed by atoms with Gasteiger partial charge in [-0.25, -0.2) is 9.59 Å². The molecule has 0 radical (unpaired) electrons. The maximum Gasteiger partial charge on any atom is 0.345 e. The van der Waals surface area contributed by atoms with E-state index < -0.39 is 11.5 Å². The van der Waals surface area contributed by atoms with Crippen LogP contribution in [0.15, 0.2) is 24.8 Å². The molecule has 5 nitrogen and oxygen atoms in total. The third-order valence-corrected chi connectivity index (χ3v) is 1.30. The predicted molar refractivity (Wildman–Crippen MR) is 58.5 cm³/mol. The number of hydrogen-bond acceptors (Lipinski definition) is 4. The van der Waals surface area contributed by atoms with Gasteiger partial charge in [0.15, 0.2) is 0 Å². The zero-order chi connectivity index (χ0) is 13.0. The molecule has 5 heteroatoms. The number of carboxylic acid groups (broad SMARTS) is 1. The Morgan fingerprint density at radius 2 is 2.12 bits per heavy atom. The summed E-state index contributed by atoms with van der Waals surface area (Å²) in [7, 11) is 0. The van der Waals surface area contributed by atoms with E-state index in [1.807, 2.05) is 6.92 Å². The van der Waals surface area contributed by atoms with Gasteiger partial charge in [-0.05, 0) is 6.42 Å². The molecule has 0 fully saturated rings. The molecule has 0 aliphatic carbocycles. The normalized spacial score (nSPS) is 7.75. The van der Waals surface area contributed by atoms with Gasteiger partial charge in [-0.1, -0.05) is 26.5 Å². The molecule has 0 bridgehead atoms. The Labute approximate surface area is 94.6 Å². The second-order valence-corrected chi connectivity index (χ2v) is 2.62. The van der Waals surface area contributed by atoms with Crippen LogP contribution < -0.4 is 0 Å². The molecule has 0 atom stereocenters. The molecule has 0 aromatic rings. The van der Waals surface area contributed by atoms with Crippen LogP contribution in [-0.4, -0.2) is 23.7 Å². The summed E-state index contributed by atoms with van der Waals surface area (Å²) >= 11 is 0. The fraction of sp³-hybridized carbons (Fsp3) is 0.364. The number of carbonyl (C=O) groups excluding carboxylic acids is 1. The minimum absolute atomic E-state index is 0.330. The van der Waals surface area contributed by atoms with Crippen LogP contribution >= 0.6 is 0 Å². The predicted octanol–water partition coefficient (Wildman–Crippen LogP) is 1.67. The van der Waals surface area contributed by atoms with Crippen LogP contribution in [0.2, 0.25) is 0 Å². The van der Waals surface area contributed by atoms with Crippen molar-refractivity contribution in [3.05, 3.63) is 24.8 Å². The first kappa shape index (κ1) is 16.3. The van der Waals surface area contributed by atoms with Crippen LogP contribution in [0.4, 0.5) is 0 Å². The van der Waals surface area contributed by atoms with E-state index in [0.717, 1.165) is 12.8 Å². The smallest absolute Gasteiger partial charge is 0.345 e. The van der Waals surface area contributed by atoms with Crippen LogP contribution in [0, 0.1) is 11.3 Å². The molecular formula is C11H15NO4. The van der Waals surface area contributed by atoms with Crippen molar-refractivity contribution in [1.29, 1.82) is 5.26 Å². The molecule has 0 amide bonds. The van der Waals surface area contributed by atoms with Gasteiger partial charge in [0.05, 0.1) is 6.61 Å². The van der Waals surface area contributed by atoms with Gasteiger partial charge in [0, 0.05) is 6.08 Å². The highest BCUT2D eigenvalue weighted by atomic mass is 16.5. The fourth-order valence-corrected chi connectivity index (χ4v) is 0.424. The molecule has 0 aromatic heterocycles. The van der Waals surface area contributed by atoms with Crippen molar-refractivity contribution in [3.63, 3.8) is 0 Å². The van der Waals surface area contributed by atoms with E-state index in [1.54, 1.807) is 0 Å². The highest BCUT2D eigenvalue weighted by Gasteiger charge is 1.97. The lowest BCUT2D eigenvalue weighted by Crippen LogP contribution is -2.00. The van der Waals surface area contributed by atoms with Gasteiger partial charge in [0.2, 0.25) is 0 Å². The number of rotatable bonds is 5. The van der Waals surface area contributed by atoms with Gasteiger partial charge in [-0.15, -0.1) is 0 Å². The first-order chi connectivity index (χ1) is 7.49. The van der Waals surface area contributed by atoms with Crippen molar-refractivity contribution in [3.8, 4) is 6.07 Å². The summed E-state index contributed by atoms with van der Waals surface area (Å²) in [4.78, 5) is 20.0. The topological polar surface area (TPSA) is 87.4 Å². The SMILES string of the molecule is C=C(C#N)C(=O)O.C=CC(=O)OCCCC.